The summed E-state index contributed by atoms with van der Waals surface area (Å²) in [5, 5.41) is 10.1. The summed E-state index contributed by atoms with van der Waals surface area (Å²) >= 11 is 17.5. The lowest BCUT2D eigenvalue weighted by Gasteiger charge is -2.31. The van der Waals surface area contributed by atoms with Crippen LogP contribution in [0.1, 0.15) is 18.5 Å². The Morgan fingerprint density at radius 3 is 2.54 bits per heavy atom. The van der Waals surface area contributed by atoms with Crippen molar-refractivity contribution in [3.63, 3.8) is 0 Å². The van der Waals surface area contributed by atoms with Crippen molar-refractivity contribution in [2.75, 3.05) is 5.32 Å². The molecule has 0 saturated heterocycles. The standard InChI is InChI=1S/C18H14Cl2FN3OS/c1-9-15(17(25)23-12-5-3-11(21)4-6-12)16(24-18(26)22-9)13-7-2-10(19)8-14(13)20/h2-8,16H,1H3,(H,23,25)(H2,22,24,26). The fourth-order valence-corrected chi connectivity index (χ4v) is 3.48. The molecule has 3 rings (SSSR count). The van der Waals surface area contributed by atoms with Crippen molar-refractivity contribution in [2.24, 2.45) is 0 Å². The van der Waals surface area contributed by atoms with E-state index in [1.807, 2.05) is 0 Å². The van der Waals surface area contributed by atoms with Crippen molar-refractivity contribution in [1.82, 2.24) is 10.6 Å². The number of hydrogen-bond donors (Lipinski definition) is 3. The summed E-state index contributed by atoms with van der Waals surface area (Å²) in [5.41, 5.74) is 2.17. The molecule has 1 atom stereocenters. The minimum Gasteiger partial charge on any atom is -0.351 e. The molecule has 4 nitrogen and oxygen atoms in total. The number of carbonyl (C=O) groups excluding carboxylic acids is 1. The molecule has 0 bridgehead atoms. The first-order chi connectivity index (χ1) is 12.3. The normalized spacial score (nSPS) is 16.8. The van der Waals surface area contributed by atoms with Crippen LogP contribution in [0, 0.1) is 5.82 Å². The summed E-state index contributed by atoms with van der Waals surface area (Å²) in [4.78, 5) is 12.9. The smallest absolute Gasteiger partial charge is 0.255 e. The molecule has 1 aliphatic rings. The van der Waals surface area contributed by atoms with E-state index in [4.69, 9.17) is 35.4 Å². The van der Waals surface area contributed by atoms with E-state index in [1.165, 1.54) is 24.3 Å². The van der Waals surface area contributed by atoms with Crippen LogP contribution in [-0.4, -0.2) is 11.0 Å². The zero-order valence-corrected chi connectivity index (χ0v) is 15.9. The minimum absolute atomic E-state index is 0.354. The number of benzene rings is 2. The highest BCUT2D eigenvalue weighted by molar-refractivity contribution is 7.80. The maximum Gasteiger partial charge on any atom is 0.255 e. The van der Waals surface area contributed by atoms with Gasteiger partial charge in [0.05, 0.1) is 11.6 Å². The average molecular weight is 410 g/mol. The largest absolute Gasteiger partial charge is 0.351 e. The minimum atomic E-state index is -0.547. The number of rotatable bonds is 3. The summed E-state index contributed by atoms with van der Waals surface area (Å²) in [6, 6.07) is 10.0. The Kier molecular flexibility index (Phi) is 5.46. The molecular weight excluding hydrogens is 396 g/mol. The van der Waals surface area contributed by atoms with E-state index >= 15 is 0 Å². The Bertz CT molecular complexity index is 915. The Morgan fingerprint density at radius 1 is 1.19 bits per heavy atom. The molecule has 0 fully saturated rings. The fourth-order valence-electron chi connectivity index (χ4n) is 2.70. The zero-order valence-electron chi connectivity index (χ0n) is 13.6. The lowest BCUT2D eigenvalue weighted by Crippen LogP contribution is -2.45. The number of thiocarbonyl (C=S) groups is 1. The summed E-state index contributed by atoms with van der Waals surface area (Å²) in [7, 11) is 0. The molecule has 1 amide bonds. The highest BCUT2D eigenvalue weighted by atomic mass is 35.5. The quantitative estimate of drug-likeness (QED) is 0.650. The fraction of sp³-hybridized carbons (Fsp3) is 0.111. The number of nitrogens with one attached hydrogen (secondary N) is 3. The van der Waals surface area contributed by atoms with E-state index in [-0.39, 0.29) is 11.7 Å². The Balaban J connectivity index is 1.97. The second-order valence-electron chi connectivity index (χ2n) is 5.70. The first kappa shape index (κ1) is 18.6. The molecule has 0 aliphatic carbocycles. The second-order valence-corrected chi connectivity index (χ2v) is 6.95. The molecule has 2 aromatic rings. The molecule has 26 heavy (non-hydrogen) atoms. The average Bonchev–Trinajstić information content (AvgIpc) is 2.56. The van der Waals surface area contributed by atoms with Crippen molar-refractivity contribution in [3.05, 3.63) is 75.2 Å². The van der Waals surface area contributed by atoms with Crippen LogP contribution in [-0.2, 0) is 4.79 Å². The highest BCUT2D eigenvalue weighted by Crippen LogP contribution is 2.33. The Labute approximate surface area is 165 Å². The van der Waals surface area contributed by atoms with Gasteiger partial charge in [0, 0.05) is 21.4 Å². The van der Waals surface area contributed by atoms with Crippen LogP contribution >= 0.6 is 35.4 Å². The van der Waals surface area contributed by atoms with E-state index in [0.717, 1.165) is 0 Å². The van der Waals surface area contributed by atoms with Gasteiger partial charge < -0.3 is 16.0 Å². The molecule has 3 N–H and O–H groups in total. The van der Waals surface area contributed by atoms with Gasteiger partial charge in [0.15, 0.2) is 5.11 Å². The third-order valence-corrected chi connectivity index (χ3v) is 4.67. The maximum absolute atomic E-state index is 13.1. The summed E-state index contributed by atoms with van der Waals surface area (Å²) < 4.78 is 13.1. The van der Waals surface area contributed by atoms with E-state index in [0.29, 0.717) is 37.7 Å². The summed E-state index contributed by atoms with van der Waals surface area (Å²) in [5.74, 6) is -0.733. The molecule has 0 aromatic heterocycles. The van der Waals surface area contributed by atoms with Crippen molar-refractivity contribution in [3.8, 4) is 0 Å². The monoisotopic (exact) mass is 409 g/mol. The number of allylic oxidation sites excluding steroid dienone is 1. The van der Waals surface area contributed by atoms with Gasteiger partial charge >= 0.3 is 0 Å². The number of amides is 1. The first-order valence-corrected chi connectivity index (χ1v) is 8.81. The Morgan fingerprint density at radius 2 is 1.88 bits per heavy atom. The summed E-state index contributed by atoms with van der Waals surface area (Å²) in [6.07, 6.45) is 0. The van der Waals surface area contributed by atoms with Gasteiger partial charge in [-0.3, -0.25) is 4.79 Å². The van der Waals surface area contributed by atoms with Gasteiger partial charge in [-0.1, -0.05) is 29.3 Å². The molecule has 0 spiro atoms. The van der Waals surface area contributed by atoms with E-state index < -0.39 is 6.04 Å². The van der Waals surface area contributed by atoms with E-state index in [9.17, 15) is 9.18 Å². The molecule has 8 heteroatoms. The first-order valence-electron chi connectivity index (χ1n) is 7.65. The lowest BCUT2D eigenvalue weighted by molar-refractivity contribution is -0.113. The Hall–Kier alpha value is -2.15. The van der Waals surface area contributed by atoms with Crippen LogP contribution in [0.5, 0.6) is 0 Å². The number of hydrogen-bond acceptors (Lipinski definition) is 2. The SMILES string of the molecule is CC1=C(C(=O)Nc2ccc(F)cc2)C(c2ccc(Cl)cc2Cl)NC(=S)N1. The maximum atomic E-state index is 13.1. The molecule has 0 radical (unpaired) electrons. The topological polar surface area (TPSA) is 53.2 Å². The van der Waals surface area contributed by atoms with Crippen LogP contribution in [0.15, 0.2) is 53.7 Å². The van der Waals surface area contributed by atoms with Gasteiger partial charge in [0.25, 0.3) is 5.91 Å². The predicted octanol–water partition coefficient (Wildman–Crippen LogP) is 4.56. The third-order valence-electron chi connectivity index (χ3n) is 3.89. The van der Waals surface area contributed by atoms with Gasteiger partial charge in [0.1, 0.15) is 5.82 Å². The molecule has 1 unspecified atom stereocenters. The van der Waals surface area contributed by atoms with E-state index in [2.05, 4.69) is 16.0 Å². The van der Waals surface area contributed by atoms with Gasteiger partial charge in [-0.05, 0) is 61.1 Å². The van der Waals surface area contributed by atoms with Gasteiger partial charge in [0.2, 0.25) is 0 Å². The highest BCUT2D eigenvalue weighted by Gasteiger charge is 2.31. The number of halogens is 3. The van der Waals surface area contributed by atoms with Crippen molar-refractivity contribution in [2.45, 2.75) is 13.0 Å². The van der Waals surface area contributed by atoms with Crippen LogP contribution in [0.4, 0.5) is 10.1 Å². The van der Waals surface area contributed by atoms with Gasteiger partial charge in [-0.2, -0.15) is 0 Å². The molecule has 2 aromatic carbocycles. The second kappa shape index (κ2) is 7.61. The van der Waals surface area contributed by atoms with Crippen LogP contribution in [0.25, 0.3) is 0 Å². The van der Waals surface area contributed by atoms with Crippen molar-refractivity contribution < 1.29 is 9.18 Å². The predicted molar refractivity (Wildman–Crippen MR) is 106 cm³/mol. The molecule has 1 aliphatic heterocycles. The van der Waals surface area contributed by atoms with Crippen molar-refractivity contribution in [1.29, 1.82) is 0 Å². The summed E-state index contributed by atoms with van der Waals surface area (Å²) in [6.45, 7) is 1.75. The molecule has 1 heterocycles. The molecule has 134 valence electrons. The zero-order chi connectivity index (χ0) is 18.8. The lowest BCUT2D eigenvalue weighted by atomic mass is 9.95. The molecular formula is C18H14Cl2FN3OS. The van der Waals surface area contributed by atoms with Gasteiger partial charge in [-0.25, -0.2) is 4.39 Å². The van der Waals surface area contributed by atoms with Crippen LogP contribution in [0.3, 0.4) is 0 Å². The number of carbonyl (C=O) groups is 1. The van der Waals surface area contributed by atoms with Crippen LogP contribution in [0.2, 0.25) is 10.0 Å². The third kappa shape index (κ3) is 3.98. The molecule has 0 saturated carbocycles. The van der Waals surface area contributed by atoms with Gasteiger partial charge in [-0.15, -0.1) is 0 Å². The van der Waals surface area contributed by atoms with Crippen LogP contribution < -0.4 is 16.0 Å². The van der Waals surface area contributed by atoms with Crippen molar-refractivity contribution >= 4 is 52.1 Å². The number of anilines is 1. The van der Waals surface area contributed by atoms with E-state index in [1.54, 1.807) is 25.1 Å².